The molecule has 2 aromatic rings. The number of rotatable bonds is 8. The lowest BCUT2D eigenvalue weighted by atomic mass is 10.1. The number of benzene rings is 2. The van der Waals surface area contributed by atoms with Crippen LogP contribution in [0.5, 0.6) is 11.5 Å². The van der Waals surface area contributed by atoms with Crippen molar-refractivity contribution in [3.8, 4) is 11.5 Å². The maximum absolute atomic E-state index is 12.1. The summed E-state index contributed by atoms with van der Waals surface area (Å²) in [7, 11) is 4.96. The molecule has 0 aromatic heterocycles. The fourth-order valence-corrected chi connectivity index (χ4v) is 2.60. The van der Waals surface area contributed by atoms with Crippen LogP contribution in [0.1, 0.15) is 21.5 Å². The van der Waals surface area contributed by atoms with Gasteiger partial charge in [0.1, 0.15) is 11.5 Å². The molecule has 1 amide bonds. The molecule has 0 fully saturated rings. The summed E-state index contributed by atoms with van der Waals surface area (Å²) >= 11 is 0. The molecule has 7 heteroatoms. The predicted molar refractivity (Wildman–Crippen MR) is 111 cm³/mol. The lowest BCUT2D eigenvalue weighted by Crippen LogP contribution is -2.41. The quantitative estimate of drug-likeness (QED) is 0.369. The summed E-state index contributed by atoms with van der Waals surface area (Å²) in [5.41, 5.74) is 2.79. The van der Waals surface area contributed by atoms with Gasteiger partial charge in [-0.2, -0.15) is 0 Å². The number of amides is 1. The van der Waals surface area contributed by atoms with Crippen LogP contribution in [0, 0.1) is 6.92 Å². The van der Waals surface area contributed by atoms with Gasteiger partial charge in [-0.1, -0.05) is 12.1 Å². The van der Waals surface area contributed by atoms with E-state index in [4.69, 9.17) is 9.47 Å². The van der Waals surface area contributed by atoms with Crippen LogP contribution >= 0.6 is 0 Å². The maximum atomic E-state index is 12.1. The van der Waals surface area contributed by atoms with Gasteiger partial charge in [0.25, 0.3) is 5.91 Å². The highest BCUT2D eigenvalue weighted by molar-refractivity contribution is 5.94. The Labute approximate surface area is 166 Å². The standard InChI is InChI=1S/C21H28N4O3/c1-15-5-6-17(19(13-15)28-4)14-25-21(22-2)24-12-11-23-20(26)16-7-9-18(27-3)10-8-16/h5-10,13H,11-12,14H2,1-4H3,(H,23,26)(H2,22,24,25). The zero-order chi connectivity index (χ0) is 20.4. The molecule has 7 nitrogen and oxygen atoms in total. The van der Waals surface area contributed by atoms with E-state index in [-0.39, 0.29) is 5.91 Å². The molecule has 0 heterocycles. The van der Waals surface area contributed by atoms with Crippen LogP contribution in [0.2, 0.25) is 0 Å². The van der Waals surface area contributed by atoms with E-state index in [1.165, 1.54) is 0 Å². The zero-order valence-corrected chi connectivity index (χ0v) is 16.8. The second kappa shape index (κ2) is 10.8. The zero-order valence-electron chi connectivity index (χ0n) is 16.8. The Morgan fingerprint density at radius 2 is 1.68 bits per heavy atom. The van der Waals surface area contributed by atoms with Gasteiger partial charge >= 0.3 is 0 Å². The van der Waals surface area contributed by atoms with Crippen molar-refractivity contribution in [1.29, 1.82) is 0 Å². The SMILES string of the molecule is CN=C(NCCNC(=O)c1ccc(OC)cc1)NCc1ccc(C)cc1OC. The number of hydrogen-bond donors (Lipinski definition) is 3. The first-order valence-corrected chi connectivity index (χ1v) is 9.07. The molecule has 0 saturated carbocycles. The minimum atomic E-state index is -0.128. The van der Waals surface area contributed by atoms with Crippen molar-refractivity contribution < 1.29 is 14.3 Å². The van der Waals surface area contributed by atoms with Gasteiger partial charge < -0.3 is 25.4 Å². The molecule has 0 unspecified atom stereocenters. The number of guanidine groups is 1. The summed E-state index contributed by atoms with van der Waals surface area (Å²) < 4.78 is 10.5. The number of ether oxygens (including phenoxy) is 2. The molecule has 0 aliphatic heterocycles. The fraction of sp³-hybridized carbons (Fsp3) is 0.333. The Bertz CT molecular complexity index is 804. The van der Waals surface area contributed by atoms with E-state index >= 15 is 0 Å². The van der Waals surface area contributed by atoms with E-state index in [0.29, 0.717) is 31.2 Å². The largest absolute Gasteiger partial charge is 0.497 e. The molecule has 0 aliphatic carbocycles. The van der Waals surface area contributed by atoms with Crippen molar-refractivity contribution in [2.45, 2.75) is 13.5 Å². The van der Waals surface area contributed by atoms with Gasteiger partial charge in [-0.15, -0.1) is 0 Å². The van der Waals surface area contributed by atoms with Gasteiger partial charge in [0.2, 0.25) is 0 Å². The van der Waals surface area contributed by atoms with Gasteiger partial charge in [0.15, 0.2) is 5.96 Å². The van der Waals surface area contributed by atoms with Crippen LogP contribution in [0.3, 0.4) is 0 Å². The maximum Gasteiger partial charge on any atom is 0.251 e. The van der Waals surface area contributed by atoms with Crippen LogP contribution in [0.15, 0.2) is 47.5 Å². The first kappa shape index (κ1) is 21.1. The van der Waals surface area contributed by atoms with E-state index in [1.54, 1.807) is 45.5 Å². The smallest absolute Gasteiger partial charge is 0.251 e. The number of aliphatic imine (C=N–C) groups is 1. The Balaban J connectivity index is 1.75. The van der Waals surface area contributed by atoms with E-state index in [2.05, 4.69) is 20.9 Å². The van der Waals surface area contributed by atoms with Gasteiger partial charge in [-0.3, -0.25) is 9.79 Å². The normalized spacial score (nSPS) is 10.9. The Kier molecular flexibility index (Phi) is 8.14. The number of carbonyl (C=O) groups is 1. The lowest BCUT2D eigenvalue weighted by molar-refractivity contribution is 0.0954. The summed E-state index contributed by atoms with van der Waals surface area (Å²) in [5.74, 6) is 2.09. The summed E-state index contributed by atoms with van der Waals surface area (Å²) in [6, 6.07) is 13.1. The molecule has 150 valence electrons. The number of methoxy groups -OCH3 is 2. The van der Waals surface area contributed by atoms with Crippen molar-refractivity contribution in [3.05, 3.63) is 59.2 Å². The van der Waals surface area contributed by atoms with Crippen molar-refractivity contribution in [3.63, 3.8) is 0 Å². The second-order valence-corrected chi connectivity index (χ2v) is 6.15. The van der Waals surface area contributed by atoms with E-state index < -0.39 is 0 Å². The molecule has 2 aromatic carbocycles. The lowest BCUT2D eigenvalue weighted by Gasteiger charge is -2.14. The third-order valence-corrected chi connectivity index (χ3v) is 4.17. The highest BCUT2D eigenvalue weighted by Crippen LogP contribution is 2.19. The molecule has 0 radical (unpaired) electrons. The number of nitrogens with one attached hydrogen (secondary N) is 3. The average Bonchev–Trinajstić information content (AvgIpc) is 2.73. The molecule has 28 heavy (non-hydrogen) atoms. The second-order valence-electron chi connectivity index (χ2n) is 6.15. The average molecular weight is 384 g/mol. The summed E-state index contributed by atoms with van der Waals surface area (Å²) in [5, 5.41) is 9.29. The molecule has 0 spiro atoms. The number of carbonyl (C=O) groups excluding carboxylic acids is 1. The van der Waals surface area contributed by atoms with Gasteiger partial charge in [0.05, 0.1) is 14.2 Å². The molecular formula is C21H28N4O3. The molecule has 0 atom stereocenters. The molecule has 3 N–H and O–H groups in total. The molecule has 0 aliphatic rings. The third-order valence-electron chi connectivity index (χ3n) is 4.17. The number of nitrogens with zero attached hydrogens (tertiary/aromatic N) is 1. The van der Waals surface area contributed by atoms with Gasteiger partial charge in [0, 0.05) is 37.8 Å². The van der Waals surface area contributed by atoms with Crippen molar-refractivity contribution >= 4 is 11.9 Å². The number of aryl methyl sites for hydroxylation is 1. The summed E-state index contributed by atoms with van der Waals surface area (Å²) in [6.45, 7) is 3.63. The van der Waals surface area contributed by atoms with Crippen molar-refractivity contribution in [1.82, 2.24) is 16.0 Å². The van der Waals surface area contributed by atoms with Crippen LogP contribution in [-0.2, 0) is 6.54 Å². The highest BCUT2D eigenvalue weighted by atomic mass is 16.5. The molecule has 0 bridgehead atoms. The Morgan fingerprint density at radius 3 is 2.32 bits per heavy atom. The Morgan fingerprint density at radius 1 is 0.964 bits per heavy atom. The first-order valence-electron chi connectivity index (χ1n) is 9.07. The topological polar surface area (TPSA) is 84.0 Å². The van der Waals surface area contributed by atoms with E-state index in [0.717, 1.165) is 22.6 Å². The van der Waals surface area contributed by atoms with Crippen molar-refractivity contribution in [2.75, 3.05) is 34.4 Å². The molecule has 0 saturated heterocycles. The first-order chi connectivity index (χ1) is 13.6. The third kappa shape index (κ3) is 6.19. The summed E-state index contributed by atoms with van der Waals surface area (Å²) in [6.07, 6.45) is 0. The van der Waals surface area contributed by atoms with Crippen molar-refractivity contribution in [2.24, 2.45) is 4.99 Å². The van der Waals surface area contributed by atoms with Crippen LogP contribution in [-0.4, -0.2) is 46.2 Å². The number of hydrogen-bond acceptors (Lipinski definition) is 4. The fourth-order valence-electron chi connectivity index (χ4n) is 2.60. The molecule has 2 rings (SSSR count). The molecular weight excluding hydrogens is 356 g/mol. The summed E-state index contributed by atoms with van der Waals surface area (Å²) in [4.78, 5) is 16.3. The van der Waals surface area contributed by atoms with Crippen LogP contribution in [0.4, 0.5) is 0 Å². The predicted octanol–water partition coefficient (Wildman–Crippen LogP) is 2.11. The Hall–Kier alpha value is -3.22. The monoisotopic (exact) mass is 384 g/mol. The van der Waals surface area contributed by atoms with E-state index in [9.17, 15) is 4.79 Å². The van der Waals surface area contributed by atoms with Gasteiger partial charge in [-0.25, -0.2) is 0 Å². The van der Waals surface area contributed by atoms with Crippen LogP contribution < -0.4 is 25.4 Å². The highest BCUT2D eigenvalue weighted by Gasteiger charge is 2.06. The van der Waals surface area contributed by atoms with Gasteiger partial charge in [-0.05, 0) is 42.8 Å². The minimum Gasteiger partial charge on any atom is -0.497 e. The van der Waals surface area contributed by atoms with E-state index in [1.807, 2.05) is 25.1 Å². The van der Waals surface area contributed by atoms with Crippen LogP contribution in [0.25, 0.3) is 0 Å². The minimum absolute atomic E-state index is 0.128.